The molecule has 1 saturated heterocycles. The number of likely N-dealkylation sites (tertiary alicyclic amines) is 1. The highest BCUT2D eigenvalue weighted by Crippen LogP contribution is 2.39. The van der Waals surface area contributed by atoms with Gasteiger partial charge in [-0.05, 0) is 49.2 Å². The van der Waals surface area contributed by atoms with Crippen LogP contribution in [0.1, 0.15) is 39.7 Å². The van der Waals surface area contributed by atoms with Crippen molar-refractivity contribution in [1.82, 2.24) is 4.90 Å². The first kappa shape index (κ1) is 25.6. The average molecular weight is 471 g/mol. The summed E-state index contributed by atoms with van der Waals surface area (Å²) in [6.07, 6.45) is 0.210. The van der Waals surface area contributed by atoms with Gasteiger partial charge in [0.05, 0.1) is 16.5 Å². The zero-order valence-electron chi connectivity index (χ0n) is 19.2. The van der Waals surface area contributed by atoms with Gasteiger partial charge in [-0.3, -0.25) is 10.1 Å². The van der Waals surface area contributed by atoms with Gasteiger partial charge in [0.25, 0.3) is 5.69 Å². The van der Waals surface area contributed by atoms with Crippen LogP contribution in [0.25, 0.3) is 0 Å². The molecule has 0 aliphatic carbocycles. The van der Waals surface area contributed by atoms with E-state index in [-0.39, 0.29) is 29.5 Å². The Kier molecular flexibility index (Phi) is 8.54. The molecule has 0 bridgehead atoms. The Morgan fingerprint density at radius 1 is 1.35 bits per heavy atom. The number of non-ortho nitro benzene ring substituents is 1. The van der Waals surface area contributed by atoms with E-state index in [0.717, 1.165) is 0 Å². The normalized spacial score (nSPS) is 20.5. The van der Waals surface area contributed by atoms with Gasteiger partial charge in [0.1, 0.15) is 6.61 Å². The molecule has 0 radical (unpaired) electrons. The fourth-order valence-corrected chi connectivity index (χ4v) is 5.30. The molecule has 1 fully saturated rings. The lowest BCUT2D eigenvalue weighted by molar-refractivity contribution is -0.384. The number of carbonyl (C=O) groups is 1. The zero-order valence-corrected chi connectivity index (χ0v) is 21.0. The van der Waals surface area contributed by atoms with Gasteiger partial charge < -0.3 is 19.2 Å². The van der Waals surface area contributed by atoms with Crippen LogP contribution in [0.4, 0.5) is 10.5 Å². The lowest BCUT2D eigenvalue weighted by Crippen LogP contribution is -2.44. The van der Waals surface area contributed by atoms with Crippen molar-refractivity contribution >= 4 is 31.9 Å². The average Bonchev–Trinajstić information content (AvgIpc) is 3.06. The van der Waals surface area contributed by atoms with Crippen molar-refractivity contribution in [3.63, 3.8) is 0 Å². The fourth-order valence-electron chi connectivity index (χ4n) is 3.13. The SMILES string of the molecule is CC(O)SCC1CC(O[Si](C)(C)C(C)(C)C)CN1C(=O)OCc1ccc([N+](=O)[O-])cc1. The van der Waals surface area contributed by atoms with Gasteiger partial charge >= 0.3 is 6.09 Å². The molecular weight excluding hydrogens is 436 g/mol. The lowest BCUT2D eigenvalue weighted by atomic mass is 10.2. The fraction of sp³-hybridized carbons (Fsp3) is 0.667. The molecule has 0 aromatic heterocycles. The predicted octanol–water partition coefficient (Wildman–Crippen LogP) is 4.77. The first-order valence-electron chi connectivity index (χ1n) is 10.4. The first-order chi connectivity index (χ1) is 14.3. The maximum absolute atomic E-state index is 12.8. The van der Waals surface area contributed by atoms with Gasteiger partial charge in [-0.1, -0.05) is 20.8 Å². The lowest BCUT2D eigenvalue weighted by Gasteiger charge is -2.38. The molecule has 1 N–H and O–H groups in total. The summed E-state index contributed by atoms with van der Waals surface area (Å²) in [6.45, 7) is 13.2. The molecule has 8 nitrogen and oxygen atoms in total. The van der Waals surface area contributed by atoms with E-state index in [9.17, 15) is 20.0 Å². The summed E-state index contributed by atoms with van der Waals surface area (Å²) in [5.74, 6) is 0.599. The number of amides is 1. The van der Waals surface area contributed by atoms with Crippen LogP contribution >= 0.6 is 11.8 Å². The Labute approximate surface area is 189 Å². The van der Waals surface area contributed by atoms with Crippen molar-refractivity contribution in [3.05, 3.63) is 39.9 Å². The van der Waals surface area contributed by atoms with E-state index in [2.05, 4.69) is 33.9 Å². The number of ether oxygens (including phenoxy) is 1. The third kappa shape index (κ3) is 7.20. The van der Waals surface area contributed by atoms with E-state index in [1.54, 1.807) is 24.0 Å². The summed E-state index contributed by atoms with van der Waals surface area (Å²) in [7, 11) is -1.98. The molecule has 0 saturated carbocycles. The van der Waals surface area contributed by atoms with Crippen molar-refractivity contribution in [1.29, 1.82) is 0 Å². The summed E-state index contributed by atoms with van der Waals surface area (Å²) < 4.78 is 12.0. The highest BCUT2D eigenvalue weighted by Gasteiger charge is 2.44. The monoisotopic (exact) mass is 470 g/mol. The van der Waals surface area contributed by atoms with E-state index in [4.69, 9.17) is 9.16 Å². The molecule has 1 aromatic carbocycles. The van der Waals surface area contributed by atoms with Gasteiger partial charge in [-0.25, -0.2) is 4.79 Å². The van der Waals surface area contributed by atoms with Crippen LogP contribution in [0, 0.1) is 10.1 Å². The Morgan fingerprint density at radius 3 is 2.48 bits per heavy atom. The minimum atomic E-state index is -1.98. The number of benzene rings is 1. The number of nitro groups is 1. The van der Waals surface area contributed by atoms with Crippen molar-refractivity contribution in [3.8, 4) is 0 Å². The summed E-state index contributed by atoms with van der Waals surface area (Å²) in [5, 5.41) is 20.5. The molecule has 10 heteroatoms. The first-order valence-corrected chi connectivity index (χ1v) is 14.4. The molecule has 174 valence electrons. The maximum atomic E-state index is 12.8. The minimum absolute atomic E-state index is 0.00421. The van der Waals surface area contributed by atoms with Gasteiger partial charge in [0.2, 0.25) is 0 Å². The van der Waals surface area contributed by atoms with Gasteiger partial charge in [0.15, 0.2) is 8.32 Å². The van der Waals surface area contributed by atoms with Crippen molar-refractivity contribution in [2.24, 2.45) is 0 Å². The minimum Gasteiger partial charge on any atom is -0.445 e. The van der Waals surface area contributed by atoms with Crippen LogP contribution in [-0.2, 0) is 15.8 Å². The smallest absolute Gasteiger partial charge is 0.410 e. The summed E-state index contributed by atoms with van der Waals surface area (Å²) in [6, 6.07) is 5.87. The number of hydrogen-bond donors (Lipinski definition) is 1. The van der Waals surface area contributed by atoms with Crippen LogP contribution in [-0.4, -0.2) is 59.2 Å². The molecule has 1 aliphatic heterocycles. The Hall–Kier alpha value is -1.62. The van der Waals surface area contributed by atoms with E-state index >= 15 is 0 Å². The molecule has 1 aromatic rings. The molecule has 3 atom stereocenters. The number of rotatable bonds is 8. The molecule has 1 aliphatic rings. The second kappa shape index (κ2) is 10.3. The maximum Gasteiger partial charge on any atom is 0.410 e. The Bertz CT molecular complexity index is 766. The van der Waals surface area contributed by atoms with Gasteiger partial charge in [0, 0.05) is 30.5 Å². The third-order valence-electron chi connectivity index (χ3n) is 5.92. The Morgan fingerprint density at radius 2 is 1.97 bits per heavy atom. The molecule has 0 spiro atoms. The van der Waals surface area contributed by atoms with E-state index < -0.39 is 24.8 Å². The number of carbonyl (C=O) groups excluding carboxylic acids is 1. The molecular formula is C21H34N2O6SSi. The molecule has 1 amide bonds. The number of aliphatic hydroxyl groups is 1. The second-order valence-corrected chi connectivity index (χ2v) is 15.6. The van der Waals surface area contributed by atoms with Crippen molar-refractivity contribution < 1.29 is 24.0 Å². The molecule has 2 rings (SSSR count). The quantitative estimate of drug-likeness (QED) is 0.253. The second-order valence-electron chi connectivity index (χ2n) is 9.45. The standard InChI is InChI=1S/C21H34N2O6SSi/c1-15(24)30-14-18-11-19(29-31(5,6)21(2,3)4)12-22(18)20(25)28-13-16-7-9-17(10-8-16)23(26)27/h7-10,15,18-19,24H,11-14H2,1-6H3. The number of nitro benzene ring substituents is 1. The number of nitrogens with zero attached hydrogens (tertiary/aromatic N) is 2. The summed E-state index contributed by atoms with van der Waals surface area (Å²) in [4.78, 5) is 24.8. The number of thioether (sulfide) groups is 1. The molecule has 3 unspecified atom stereocenters. The van der Waals surface area contributed by atoms with Crippen LogP contribution in [0.3, 0.4) is 0 Å². The van der Waals surface area contributed by atoms with Crippen molar-refractivity contribution in [2.45, 2.75) is 76.4 Å². The van der Waals surface area contributed by atoms with Crippen LogP contribution in [0.2, 0.25) is 18.1 Å². The van der Waals surface area contributed by atoms with Crippen LogP contribution < -0.4 is 0 Å². The topological polar surface area (TPSA) is 102 Å². The van der Waals surface area contributed by atoms with Crippen LogP contribution in [0.5, 0.6) is 0 Å². The highest BCUT2D eigenvalue weighted by atomic mass is 32.2. The predicted molar refractivity (Wildman–Crippen MR) is 125 cm³/mol. The van der Waals surface area contributed by atoms with Crippen LogP contribution in [0.15, 0.2) is 24.3 Å². The molecule has 1 heterocycles. The number of aliphatic hydroxyl groups excluding tert-OH is 1. The highest BCUT2D eigenvalue weighted by molar-refractivity contribution is 7.99. The summed E-state index contributed by atoms with van der Waals surface area (Å²) >= 11 is 1.39. The number of hydrogen-bond acceptors (Lipinski definition) is 7. The van der Waals surface area contributed by atoms with E-state index in [1.807, 2.05) is 0 Å². The van der Waals surface area contributed by atoms with E-state index in [0.29, 0.717) is 24.3 Å². The van der Waals surface area contributed by atoms with Gasteiger partial charge in [-0.2, -0.15) is 0 Å². The third-order valence-corrected chi connectivity index (χ3v) is 11.5. The zero-order chi connectivity index (χ0) is 23.4. The van der Waals surface area contributed by atoms with Gasteiger partial charge in [-0.15, -0.1) is 11.8 Å². The molecule has 31 heavy (non-hydrogen) atoms. The summed E-state index contributed by atoms with van der Waals surface area (Å²) in [5.41, 5.74) is 0.163. The van der Waals surface area contributed by atoms with E-state index in [1.165, 1.54) is 23.9 Å². The Balaban J connectivity index is 2.03. The van der Waals surface area contributed by atoms with Crippen molar-refractivity contribution in [2.75, 3.05) is 12.3 Å². The largest absolute Gasteiger partial charge is 0.445 e.